The summed E-state index contributed by atoms with van der Waals surface area (Å²) in [5.74, 6) is 0.422. The molecule has 0 spiro atoms. The minimum absolute atomic E-state index is 0.0194. The van der Waals surface area contributed by atoms with Gasteiger partial charge in [-0.15, -0.1) is 0 Å². The first-order valence-corrected chi connectivity index (χ1v) is 16.7. The predicted octanol–water partition coefficient (Wildman–Crippen LogP) is 12.4. The molecule has 0 fully saturated rings. The fraction of sp³-hybridized carbons (Fsp3) is 0.150. The molecule has 8 heteroatoms. The average molecular weight is 718 g/mol. The highest BCUT2D eigenvalue weighted by atomic mass is 35.5. The standard InChI is InChI=1S/C40H33Cl4NO3/c1-23-10-9-13-28(16-23)36(39(41)42)31-18-24(2)17-30(21-31)35(27-11-7-6-8-12-27)33-22-32(20-26(4)38(33)48-5)37(40(43)44)29-14-15-34(45(46)47)25(3)19-29/h6-22,35H,1-5H3. The molecule has 244 valence electrons. The van der Waals surface area contributed by atoms with E-state index in [-0.39, 0.29) is 20.6 Å². The lowest BCUT2D eigenvalue weighted by Crippen LogP contribution is -2.09. The predicted molar refractivity (Wildman–Crippen MR) is 201 cm³/mol. The third-order valence-corrected chi connectivity index (χ3v) is 9.08. The van der Waals surface area contributed by atoms with Gasteiger partial charge in [-0.1, -0.05) is 130 Å². The SMILES string of the molecule is COc1c(C)cc(C(=C(Cl)Cl)c2ccc([N+](=O)[O-])c(C)c2)cc1C(c1ccccc1)c1cc(C)cc(C(=C(Cl)Cl)c2cccc(C)c2)c1. The molecule has 0 radical (unpaired) electrons. The van der Waals surface area contributed by atoms with Gasteiger partial charge in [-0.25, -0.2) is 0 Å². The number of nitrogens with zero attached hydrogens (tertiary/aromatic N) is 1. The van der Waals surface area contributed by atoms with Gasteiger partial charge in [0.1, 0.15) is 14.7 Å². The highest BCUT2D eigenvalue weighted by molar-refractivity contribution is 6.59. The zero-order valence-electron chi connectivity index (χ0n) is 27.1. The zero-order valence-corrected chi connectivity index (χ0v) is 30.1. The maximum absolute atomic E-state index is 11.5. The van der Waals surface area contributed by atoms with Gasteiger partial charge in [0.15, 0.2) is 0 Å². The molecule has 1 atom stereocenters. The smallest absolute Gasteiger partial charge is 0.272 e. The first-order chi connectivity index (χ1) is 22.9. The van der Waals surface area contributed by atoms with Crippen LogP contribution < -0.4 is 4.74 Å². The molecule has 5 rings (SSSR count). The second kappa shape index (κ2) is 15.0. The van der Waals surface area contributed by atoms with Crippen molar-refractivity contribution in [1.29, 1.82) is 0 Å². The van der Waals surface area contributed by atoms with Crippen LogP contribution in [0, 0.1) is 37.8 Å². The number of benzene rings is 5. The van der Waals surface area contributed by atoms with E-state index in [0.717, 1.165) is 55.6 Å². The molecule has 4 nitrogen and oxygen atoms in total. The molecule has 0 N–H and O–H groups in total. The van der Waals surface area contributed by atoms with Crippen LogP contribution in [-0.4, -0.2) is 12.0 Å². The summed E-state index contributed by atoms with van der Waals surface area (Å²) < 4.78 is 6.30. The van der Waals surface area contributed by atoms with Gasteiger partial charge in [-0.3, -0.25) is 10.1 Å². The fourth-order valence-electron chi connectivity index (χ4n) is 6.35. The number of ether oxygens (including phenoxy) is 1. The van der Waals surface area contributed by atoms with E-state index >= 15 is 0 Å². The lowest BCUT2D eigenvalue weighted by molar-refractivity contribution is -0.385. The maximum Gasteiger partial charge on any atom is 0.272 e. The van der Waals surface area contributed by atoms with Gasteiger partial charge in [0.2, 0.25) is 0 Å². The van der Waals surface area contributed by atoms with E-state index in [1.54, 1.807) is 26.2 Å². The Morgan fingerprint density at radius 1 is 0.625 bits per heavy atom. The van der Waals surface area contributed by atoms with E-state index in [0.29, 0.717) is 22.4 Å². The number of methoxy groups -OCH3 is 1. The van der Waals surface area contributed by atoms with Crippen LogP contribution in [0.4, 0.5) is 5.69 Å². The van der Waals surface area contributed by atoms with Gasteiger partial charge >= 0.3 is 0 Å². The molecule has 0 aromatic heterocycles. The third-order valence-electron chi connectivity index (χ3n) is 8.33. The molecule has 1 unspecified atom stereocenters. The Labute approximate surface area is 301 Å². The minimum atomic E-state index is -0.405. The van der Waals surface area contributed by atoms with Crippen LogP contribution in [0.25, 0.3) is 11.1 Å². The molecule has 48 heavy (non-hydrogen) atoms. The van der Waals surface area contributed by atoms with Crippen molar-refractivity contribution >= 4 is 63.2 Å². The number of nitro benzene ring substituents is 1. The van der Waals surface area contributed by atoms with Crippen molar-refractivity contribution < 1.29 is 9.66 Å². The average Bonchev–Trinajstić information content (AvgIpc) is 3.01. The van der Waals surface area contributed by atoms with Gasteiger partial charge in [-0.05, 0) is 90.9 Å². The van der Waals surface area contributed by atoms with Crippen molar-refractivity contribution in [3.05, 3.63) is 183 Å². The van der Waals surface area contributed by atoms with Crippen LogP contribution in [0.5, 0.6) is 5.75 Å². The van der Waals surface area contributed by atoms with E-state index < -0.39 is 4.92 Å². The molecule has 5 aromatic rings. The molecule has 0 aliphatic rings. The highest BCUT2D eigenvalue weighted by Gasteiger charge is 2.26. The van der Waals surface area contributed by atoms with Crippen molar-refractivity contribution in [3.63, 3.8) is 0 Å². The molecule has 0 aliphatic carbocycles. The lowest BCUT2D eigenvalue weighted by Gasteiger charge is -2.25. The van der Waals surface area contributed by atoms with Gasteiger partial charge in [0.25, 0.3) is 5.69 Å². The van der Waals surface area contributed by atoms with E-state index in [9.17, 15) is 10.1 Å². The van der Waals surface area contributed by atoms with Gasteiger partial charge < -0.3 is 4.74 Å². The summed E-state index contributed by atoms with van der Waals surface area (Å²) in [7, 11) is 1.66. The Morgan fingerprint density at radius 2 is 1.23 bits per heavy atom. The topological polar surface area (TPSA) is 52.4 Å². The Hall–Kier alpha value is -4.06. The molecule has 0 aliphatic heterocycles. The van der Waals surface area contributed by atoms with Crippen molar-refractivity contribution in [2.45, 2.75) is 33.6 Å². The lowest BCUT2D eigenvalue weighted by atomic mass is 9.80. The molecular formula is C40H33Cl4NO3. The normalized spacial score (nSPS) is 11.5. The Kier molecular flexibility index (Phi) is 11.0. The summed E-state index contributed by atoms with van der Waals surface area (Å²) in [4.78, 5) is 11.1. The largest absolute Gasteiger partial charge is 0.496 e. The van der Waals surface area contributed by atoms with Crippen molar-refractivity contribution in [3.8, 4) is 5.75 Å². The molecule has 0 saturated heterocycles. The maximum atomic E-state index is 11.5. The van der Waals surface area contributed by atoms with Crippen LogP contribution in [-0.2, 0) is 0 Å². The number of hydrogen-bond acceptors (Lipinski definition) is 3. The zero-order chi connectivity index (χ0) is 34.7. The van der Waals surface area contributed by atoms with Crippen LogP contribution in [0.3, 0.4) is 0 Å². The van der Waals surface area contributed by atoms with Gasteiger partial charge in [0, 0.05) is 34.3 Å². The fourth-order valence-corrected chi connectivity index (χ4v) is 7.22. The highest BCUT2D eigenvalue weighted by Crippen LogP contribution is 2.44. The Bertz CT molecular complexity index is 2080. The van der Waals surface area contributed by atoms with E-state index in [4.69, 9.17) is 51.1 Å². The quantitative estimate of drug-likeness (QED) is 0.0867. The molecule has 0 amide bonds. The first-order valence-electron chi connectivity index (χ1n) is 15.2. The monoisotopic (exact) mass is 715 g/mol. The molecular weight excluding hydrogens is 684 g/mol. The second-order valence-corrected chi connectivity index (χ2v) is 13.7. The van der Waals surface area contributed by atoms with Crippen molar-refractivity contribution in [1.82, 2.24) is 0 Å². The second-order valence-electron chi connectivity index (χ2n) is 11.8. The van der Waals surface area contributed by atoms with Crippen LogP contribution >= 0.6 is 46.4 Å². The summed E-state index contributed by atoms with van der Waals surface area (Å²) in [6.45, 7) is 7.75. The van der Waals surface area contributed by atoms with Gasteiger partial charge in [-0.2, -0.15) is 0 Å². The number of hydrogen-bond donors (Lipinski definition) is 0. The third kappa shape index (κ3) is 7.48. The summed E-state index contributed by atoms with van der Waals surface area (Å²) in [6.07, 6.45) is 0. The van der Waals surface area contributed by atoms with Crippen LogP contribution in [0.2, 0.25) is 0 Å². The van der Waals surface area contributed by atoms with Gasteiger partial charge in [0.05, 0.1) is 12.0 Å². The summed E-state index contributed by atoms with van der Waals surface area (Å²) in [5.41, 5.74) is 10.9. The summed E-state index contributed by atoms with van der Waals surface area (Å²) >= 11 is 26.4. The summed E-state index contributed by atoms with van der Waals surface area (Å²) in [5, 5.41) is 11.5. The number of rotatable bonds is 9. The van der Waals surface area contributed by atoms with Crippen LogP contribution in [0.15, 0.2) is 112 Å². The Morgan fingerprint density at radius 3 is 1.81 bits per heavy atom. The van der Waals surface area contributed by atoms with E-state index in [1.165, 1.54) is 6.07 Å². The number of nitro groups is 1. The van der Waals surface area contributed by atoms with Crippen molar-refractivity contribution in [2.24, 2.45) is 0 Å². The summed E-state index contributed by atoms with van der Waals surface area (Å²) in [6, 6.07) is 33.5. The molecule has 0 bridgehead atoms. The minimum Gasteiger partial charge on any atom is -0.496 e. The molecule has 0 heterocycles. The molecule has 5 aromatic carbocycles. The van der Waals surface area contributed by atoms with E-state index in [2.05, 4.69) is 43.3 Å². The number of aryl methyl sites for hydroxylation is 4. The van der Waals surface area contributed by atoms with Crippen molar-refractivity contribution in [2.75, 3.05) is 7.11 Å². The first kappa shape index (κ1) is 35.3. The Balaban J connectivity index is 1.78. The van der Waals surface area contributed by atoms with Crippen LogP contribution in [0.1, 0.15) is 67.1 Å². The molecule has 0 saturated carbocycles. The number of halogens is 4. The van der Waals surface area contributed by atoms with E-state index in [1.807, 2.05) is 62.4 Å².